The Bertz CT molecular complexity index is 1220. The summed E-state index contributed by atoms with van der Waals surface area (Å²) >= 11 is 3.54. The van der Waals surface area contributed by atoms with Crippen LogP contribution < -0.4 is 27.4 Å². The van der Waals surface area contributed by atoms with E-state index in [9.17, 15) is 9.59 Å². The number of rotatable bonds is 11. The second-order valence-corrected chi connectivity index (χ2v) is 12.3. The van der Waals surface area contributed by atoms with Crippen molar-refractivity contribution >= 4 is 39.4 Å². The van der Waals surface area contributed by atoms with E-state index in [2.05, 4.69) is 31.9 Å². The van der Waals surface area contributed by atoms with Gasteiger partial charge in [-0.05, 0) is 80.3 Å². The molecule has 220 valence electrons. The van der Waals surface area contributed by atoms with E-state index in [0.717, 1.165) is 73.6 Å². The summed E-state index contributed by atoms with van der Waals surface area (Å²) in [7, 11) is 0. The predicted octanol–water partition coefficient (Wildman–Crippen LogP) is 3.54. The summed E-state index contributed by atoms with van der Waals surface area (Å²) < 4.78 is 0.868. The number of hydrogen-bond acceptors (Lipinski definition) is 5. The smallest absolute Gasteiger partial charge is 0.243 e. The fourth-order valence-corrected chi connectivity index (χ4v) is 6.55. The molecule has 3 unspecified atom stereocenters. The van der Waals surface area contributed by atoms with Crippen molar-refractivity contribution in [2.75, 3.05) is 13.1 Å². The molecule has 10 heteroatoms. The zero-order valence-electron chi connectivity index (χ0n) is 23.4. The molecular weight excluding hydrogens is 582 g/mol. The van der Waals surface area contributed by atoms with Gasteiger partial charge >= 0.3 is 0 Å². The molecule has 41 heavy (non-hydrogen) atoms. The minimum absolute atomic E-state index is 0.00692. The van der Waals surface area contributed by atoms with Crippen molar-refractivity contribution in [3.8, 4) is 0 Å². The number of nitrogens with two attached hydrogens (primary N) is 2. The van der Waals surface area contributed by atoms with Gasteiger partial charge in [-0.2, -0.15) is 0 Å². The average Bonchev–Trinajstić information content (AvgIpc) is 2.98. The summed E-state index contributed by atoms with van der Waals surface area (Å²) in [6, 6.07) is 13.8. The Hall–Kier alpha value is -3.24. The molecule has 2 amide bonds. The zero-order valence-corrected chi connectivity index (χ0v) is 25.0. The second-order valence-electron chi connectivity index (χ2n) is 11.3. The number of nitrogens with one attached hydrogen (secondary N) is 5. The highest BCUT2D eigenvalue weighted by Gasteiger charge is 2.36. The molecule has 0 radical (unpaired) electrons. The molecule has 1 aliphatic carbocycles. The van der Waals surface area contributed by atoms with Gasteiger partial charge in [0.15, 0.2) is 0 Å². The van der Waals surface area contributed by atoms with Crippen molar-refractivity contribution in [1.29, 1.82) is 10.8 Å². The Morgan fingerprint density at radius 1 is 0.878 bits per heavy atom. The van der Waals surface area contributed by atoms with Gasteiger partial charge < -0.3 is 27.4 Å². The van der Waals surface area contributed by atoms with Crippen LogP contribution >= 0.6 is 15.9 Å². The van der Waals surface area contributed by atoms with Gasteiger partial charge in [-0.25, -0.2) is 0 Å². The Balaban J connectivity index is 1.59. The predicted molar refractivity (Wildman–Crippen MR) is 166 cm³/mol. The van der Waals surface area contributed by atoms with Crippen LogP contribution in [0.3, 0.4) is 0 Å². The highest BCUT2D eigenvalue weighted by atomic mass is 79.9. The first kappa shape index (κ1) is 30.7. The van der Waals surface area contributed by atoms with Crippen LogP contribution in [0.15, 0.2) is 53.0 Å². The van der Waals surface area contributed by atoms with Gasteiger partial charge in [-0.15, -0.1) is 0 Å². The first-order chi connectivity index (χ1) is 19.7. The molecule has 0 bridgehead atoms. The van der Waals surface area contributed by atoms with E-state index >= 15 is 0 Å². The molecule has 9 N–H and O–H groups in total. The van der Waals surface area contributed by atoms with E-state index in [-0.39, 0.29) is 35.3 Å². The van der Waals surface area contributed by atoms with Gasteiger partial charge in [0, 0.05) is 10.0 Å². The quantitative estimate of drug-likeness (QED) is 0.150. The molecule has 1 heterocycles. The van der Waals surface area contributed by atoms with E-state index in [0.29, 0.717) is 12.0 Å². The first-order valence-corrected chi connectivity index (χ1v) is 15.4. The lowest BCUT2D eigenvalue weighted by Gasteiger charge is -2.35. The van der Waals surface area contributed by atoms with Gasteiger partial charge in [0.1, 0.15) is 17.7 Å². The number of amides is 2. The minimum atomic E-state index is -0.707. The summed E-state index contributed by atoms with van der Waals surface area (Å²) in [6.07, 6.45) is 6.98. The van der Waals surface area contributed by atoms with Crippen LogP contribution in [0.4, 0.5) is 0 Å². The van der Waals surface area contributed by atoms with E-state index in [4.69, 9.17) is 22.3 Å². The van der Waals surface area contributed by atoms with Crippen LogP contribution in [0, 0.1) is 22.7 Å². The number of hydrogen-bond donors (Lipinski definition) is 7. The molecule has 1 saturated carbocycles. The highest BCUT2D eigenvalue weighted by molar-refractivity contribution is 9.10. The number of halogens is 1. The van der Waals surface area contributed by atoms with Gasteiger partial charge in [0.25, 0.3) is 0 Å². The molecule has 9 nitrogen and oxygen atoms in total. The molecule has 2 aromatic rings. The highest BCUT2D eigenvalue weighted by Crippen LogP contribution is 2.29. The molecule has 0 aromatic heterocycles. The lowest BCUT2D eigenvalue weighted by Crippen LogP contribution is -2.58. The van der Waals surface area contributed by atoms with Crippen molar-refractivity contribution in [3.05, 3.63) is 69.7 Å². The summed E-state index contributed by atoms with van der Waals surface area (Å²) in [4.78, 5) is 28.0. The zero-order chi connectivity index (χ0) is 29.4. The first-order valence-electron chi connectivity index (χ1n) is 14.6. The summed E-state index contributed by atoms with van der Waals surface area (Å²) in [6.45, 7) is 1.66. The SMILES string of the molecule is N=C(N)c1ccc(CC(C(=O)NC(C(=O)NC(C(=N)N)C2CCNCC2)C2CCCCC2)c2cccc(Br)c2)cc1. The maximum Gasteiger partial charge on any atom is 0.243 e. The Kier molecular flexibility index (Phi) is 10.9. The van der Waals surface area contributed by atoms with Gasteiger partial charge in [0.05, 0.1) is 12.0 Å². The fraction of sp³-hybridized carbons (Fsp3) is 0.484. The summed E-state index contributed by atoms with van der Waals surface area (Å²) in [5.41, 5.74) is 14.0. The van der Waals surface area contributed by atoms with Gasteiger partial charge in [0.2, 0.25) is 11.8 Å². The Morgan fingerprint density at radius 2 is 1.51 bits per heavy atom. The molecule has 2 aromatic carbocycles. The third-order valence-electron chi connectivity index (χ3n) is 8.46. The molecule has 4 rings (SSSR count). The third kappa shape index (κ3) is 8.39. The van der Waals surface area contributed by atoms with Crippen LogP contribution in [0.2, 0.25) is 0 Å². The minimum Gasteiger partial charge on any atom is -0.386 e. The topological polar surface area (TPSA) is 170 Å². The van der Waals surface area contributed by atoms with Crippen LogP contribution in [-0.2, 0) is 16.0 Å². The maximum absolute atomic E-state index is 14.1. The number of piperidine rings is 1. The van der Waals surface area contributed by atoms with Crippen molar-refractivity contribution in [3.63, 3.8) is 0 Å². The normalized spacial score (nSPS) is 18.6. The van der Waals surface area contributed by atoms with E-state index in [1.807, 2.05) is 36.4 Å². The molecular formula is C31H42BrN7O2. The number of nitrogen functional groups attached to an aromatic ring is 1. The molecule has 2 fully saturated rings. The number of carbonyl (C=O) groups excluding carboxylic acids is 2. The van der Waals surface area contributed by atoms with E-state index in [1.165, 1.54) is 0 Å². The van der Waals surface area contributed by atoms with Crippen molar-refractivity contribution in [2.24, 2.45) is 23.3 Å². The van der Waals surface area contributed by atoms with Crippen LogP contribution in [0.5, 0.6) is 0 Å². The molecule has 0 spiro atoms. The fourth-order valence-electron chi connectivity index (χ4n) is 6.13. The molecule has 2 aliphatic rings. The average molecular weight is 625 g/mol. The van der Waals surface area contributed by atoms with Crippen molar-refractivity contribution in [2.45, 2.75) is 69.4 Å². The Morgan fingerprint density at radius 3 is 2.12 bits per heavy atom. The number of carbonyl (C=O) groups is 2. The van der Waals surface area contributed by atoms with Gasteiger partial charge in [-0.3, -0.25) is 20.4 Å². The summed E-state index contributed by atoms with van der Waals surface area (Å²) in [5, 5.41) is 25.4. The van der Waals surface area contributed by atoms with Crippen LogP contribution in [0.1, 0.15) is 67.6 Å². The molecule has 1 saturated heterocycles. The molecule has 1 aliphatic heterocycles. The lowest BCUT2D eigenvalue weighted by molar-refractivity contribution is -0.131. The largest absolute Gasteiger partial charge is 0.386 e. The standard InChI is InChI=1S/C31H42BrN7O2/c32-24-8-4-7-23(18-24)25(17-19-9-11-22(12-10-19)28(33)34)30(40)39-27(20-5-2-1-3-6-20)31(41)38-26(29(35)36)21-13-15-37-16-14-21/h4,7-12,18,20-21,25-27,37H,1-3,5-6,13-17H2,(H3,33,34)(H3,35,36)(H,38,41)(H,39,40). The number of benzene rings is 2. The molecule has 3 atom stereocenters. The van der Waals surface area contributed by atoms with Crippen LogP contribution in [0.25, 0.3) is 0 Å². The van der Waals surface area contributed by atoms with E-state index < -0.39 is 18.0 Å². The number of amidine groups is 2. The van der Waals surface area contributed by atoms with Crippen molar-refractivity contribution < 1.29 is 9.59 Å². The second kappa shape index (κ2) is 14.6. The third-order valence-corrected chi connectivity index (χ3v) is 8.96. The Labute approximate surface area is 250 Å². The monoisotopic (exact) mass is 623 g/mol. The lowest BCUT2D eigenvalue weighted by atomic mass is 9.82. The maximum atomic E-state index is 14.1. The van der Waals surface area contributed by atoms with Crippen LogP contribution in [-0.4, -0.2) is 48.7 Å². The van der Waals surface area contributed by atoms with E-state index in [1.54, 1.807) is 12.1 Å². The summed E-state index contributed by atoms with van der Waals surface area (Å²) in [5.74, 6) is -0.956. The van der Waals surface area contributed by atoms with Crippen molar-refractivity contribution in [1.82, 2.24) is 16.0 Å². The van der Waals surface area contributed by atoms with Gasteiger partial charge in [-0.1, -0.05) is 71.6 Å².